The molecule has 2 aromatic heterocycles. The van der Waals surface area contributed by atoms with E-state index in [0.29, 0.717) is 11.6 Å². The van der Waals surface area contributed by atoms with Crippen molar-refractivity contribution in [2.24, 2.45) is 0 Å². The fourth-order valence-electron chi connectivity index (χ4n) is 2.61. The molecule has 0 fully saturated rings. The molecule has 0 aliphatic rings. The third-order valence-electron chi connectivity index (χ3n) is 4.04. The molecule has 2 aromatic carbocycles. The molecule has 9 heteroatoms. The summed E-state index contributed by atoms with van der Waals surface area (Å²) in [6.07, 6.45) is 2.39. The molecule has 0 saturated carbocycles. The lowest BCUT2D eigenvalue weighted by Gasteiger charge is -2.00. The first-order valence-corrected chi connectivity index (χ1v) is 12.4. The molecule has 0 saturated heterocycles. The summed E-state index contributed by atoms with van der Waals surface area (Å²) in [5, 5.41) is 5.39. The Morgan fingerprint density at radius 3 is 2.67 bits per heavy atom. The van der Waals surface area contributed by atoms with Crippen molar-refractivity contribution in [1.29, 1.82) is 0 Å². The lowest BCUT2D eigenvalue weighted by Crippen LogP contribution is -2.13. The van der Waals surface area contributed by atoms with Crippen molar-refractivity contribution in [2.45, 2.75) is 10.8 Å². The summed E-state index contributed by atoms with van der Waals surface area (Å²) in [7, 11) is 0. The van der Waals surface area contributed by atoms with E-state index in [4.69, 9.17) is 0 Å². The summed E-state index contributed by atoms with van der Waals surface area (Å²) in [5.41, 5.74) is 2.95. The summed E-state index contributed by atoms with van der Waals surface area (Å²) in [6.45, 7) is 0. The number of amides is 1. The monoisotopic (exact) mass is 519 g/mol. The minimum Gasteiger partial charge on any atom is -0.301 e. The Morgan fingerprint density at radius 2 is 1.90 bits per heavy atom. The highest BCUT2D eigenvalue weighted by Gasteiger charge is 2.11. The molecule has 152 valence electrons. The zero-order valence-corrected chi connectivity index (χ0v) is 19.5. The number of hydrogen-bond acceptors (Lipinski definition) is 6. The molecule has 2 heterocycles. The average Bonchev–Trinajstić information content (AvgIpc) is 3.38. The Labute approximate surface area is 193 Å². The molecule has 1 amide bonds. The maximum atomic E-state index is 13.0. The van der Waals surface area contributed by atoms with Crippen LogP contribution in [0.2, 0.25) is 0 Å². The number of hydrogen-bond donors (Lipinski definition) is 1. The van der Waals surface area contributed by atoms with E-state index in [-0.39, 0.29) is 17.5 Å². The first-order valence-electron chi connectivity index (χ1n) is 8.88. The van der Waals surface area contributed by atoms with Gasteiger partial charge in [0, 0.05) is 32.9 Å². The highest BCUT2D eigenvalue weighted by atomic mass is 79.9. The minimum absolute atomic E-state index is 0.122. The first kappa shape index (κ1) is 21.2. The number of rotatable bonds is 7. The number of thiazole rings is 2. The zero-order valence-electron chi connectivity index (χ0n) is 15.5. The smallest absolute Gasteiger partial charge is 0.236 e. The molecule has 0 aliphatic carbocycles. The Bertz CT molecular complexity index is 1140. The third kappa shape index (κ3) is 5.75. The second-order valence-corrected chi connectivity index (χ2v) is 10.4. The number of carbonyl (C=O) groups excluding carboxylic acids is 1. The molecular weight excluding hydrogens is 505 g/mol. The molecule has 4 nitrogen and oxygen atoms in total. The van der Waals surface area contributed by atoms with E-state index in [1.165, 1.54) is 46.6 Å². The summed E-state index contributed by atoms with van der Waals surface area (Å²) < 4.78 is 14.9. The number of halogens is 2. The van der Waals surface area contributed by atoms with Crippen LogP contribution in [0.1, 0.15) is 10.4 Å². The van der Waals surface area contributed by atoms with Crippen LogP contribution in [-0.2, 0) is 11.2 Å². The maximum Gasteiger partial charge on any atom is 0.236 e. The van der Waals surface area contributed by atoms with Crippen molar-refractivity contribution in [2.75, 3.05) is 11.1 Å². The molecule has 0 bridgehead atoms. The second-order valence-electron chi connectivity index (χ2n) is 6.28. The van der Waals surface area contributed by atoms with Crippen LogP contribution in [0.15, 0.2) is 68.9 Å². The van der Waals surface area contributed by atoms with E-state index in [9.17, 15) is 9.18 Å². The first-order chi connectivity index (χ1) is 14.5. The summed E-state index contributed by atoms with van der Waals surface area (Å²) in [6, 6.07) is 14.4. The number of benzene rings is 2. The van der Waals surface area contributed by atoms with Gasteiger partial charge in [-0.1, -0.05) is 52.0 Å². The molecule has 0 spiro atoms. The number of nitrogens with one attached hydrogen (secondary N) is 1. The Balaban J connectivity index is 1.28. The van der Waals surface area contributed by atoms with Gasteiger partial charge in [0.25, 0.3) is 0 Å². The van der Waals surface area contributed by atoms with E-state index in [0.717, 1.165) is 30.5 Å². The van der Waals surface area contributed by atoms with Crippen LogP contribution in [0.3, 0.4) is 0 Å². The lowest BCUT2D eigenvalue weighted by molar-refractivity contribution is -0.113. The predicted octanol–water partition coefficient (Wildman–Crippen LogP) is 6.49. The highest BCUT2D eigenvalue weighted by Crippen LogP contribution is 2.29. The second kappa shape index (κ2) is 9.82. The van der Waals surface area contributed by atoms with Crippen LogP contribution in [0.5, 0.6) is 0 Å². The standard InChI is InChI=1S/C21H15BrFN3OS3/c22-15-5-3-14(4-6-15)18-11-28-21(25-18)29-12-19(27)26-20-24-10-17(30-20)9-13-1-7-16(23)8-2-13/h1-8,10-11H,9,12H2,(H,24,26,27). The number of anilines is 1. The van der Waals surface area contributed by atoms with Crippen molar-refractivity contribution < 1.29 is 9.18 Å². The molecule has 30 heavy (non-hydrogen) atoms. The van der Waals surface area contributed by atoms with Gasteiger partial charge >= 0.3 is 0 Å². The van der Waals surface area contributed by atoms with Gasteiger partial charge in [0.15, 0.2) is 9.47 Å². The fraction of sp³-hybridized carbons (Fsp3) is 0.0952. The molecule has 4 rings (SSSR count). The van der Waals surface area contributed by atoms with Gasteiger partial charge in [-0.15, -0.1) is 22.7 Å². The van der Waals surface area contributed by atoms with Crippen molar-refractivity contribution in [1.82, 2.24) is 9.97 Å². The van der Waals surface area contributed by atoms with E-state index in [1.54, 1.807) is 18.3 Å². The lowest BCUT2D eigenvalue weighted by atomic mass is 10.1. The van der Waals surface area contributed by atoms with E-state index < -0.39 is 0 Å². The van der Waals surface area contributed by atoms with Crippen molar-refractivity contribution >= 4 is 61.4 Å². The van der Waals surface area contributed by atoms with Crippen molar-refractivity contribution in [3.63, 3.8) is 0 Å². The highest BCUT2D eigenvalue weighted by molar-refractivity contribution is 9.10. The SMILES string of the molecule is O=C(CSc1nc(-c2ccc(Br)cc2)cs1)Nc1ncc(Cc2ccc(F)cc2)s1. The summed E-state index contributed by atoms with van der Waals surface area (Å²) in [4.78, 5) is 22.1. The van der Waals surface area contributed by atoms with E-state index in [1.807, 2.05) is 29.6 Å². The number of carbonyl (C=O) groups is 1. The van der Waals surface area contributed by atoms with Crippen LogP contribution in [0.4, 0.5) is 9.52 Å². The fourth-order valence-corrected chi connectivity index (χ4v) is 5.37. The molecule has 4 aromatic rings. The minimum atomic E-state index is -0.252. The van der Waals surface area contributed by atoms with Crippen LogP contribution >= 0.6 is 50.4 Å². The van der Waals surface area contributed by atoms with Gasteiger partial charge in [-0.05, 0) is 29.8 Å². The molecule has 0 unspecified atom stereocenters. The van der Waals surface area contributed by atoms with Crippen LogP contribution < -0.4 is 5.32 Å². The van der Waals surface area contributed by atoms with Gasteiger partial charge in [0.1, 0.15) is 5.82 Å². The van der Waals surface area contributed by atoms with E-state index in [2.05, 4.69) is 31.2 Å². The van der Waals surface area contributed by atoms with Gasteiger partial charge in [0.2, 0.25) is 5.91 Å². The number of aromatic nitrogens is 2. The Hall–Kier alpha value is -2.07. The molecule has 0 aliphatic heterocycles. The van der Waals surface area contributed by atoms with Gasteiger partial charge < -0.3 is 5.32 Å². The Morgan fingerprint density at radius 1 is 1.13 bits per heavy atom. The molecule has 0 radical (unpaired) electrons. The normalized spacial score (nSPS) is 10.9. The molecule has 0 atom stereocenters. The van der Waals surface area contributed by atoms with Gasteiger partial charge in [0.05, 0.1) is 11.4 Å². The molecular formula is C21H15BrFN3OS3. The summed E-state index contributed by atoms with van der Waals surface area (Å²) >= 11 is 7.78. The van der Waals surface area contributed by atoms with Gasteiger partial charge in [-0.25, -0.2) is 14.4 Å². The largest absolute Gasteiger partial charge is 0.301 e. The van der Waals surface area contributed by atoms with Gasteiger partial charge in [-0.2, -0.15) is 0 Å². The van der Waals surface area contributed by atoms with Crippen LogP contribution in [0.25, 0.3) is 11.3 Å². The van der Waals surface area contributed by atoms with Crippen LogP contribution in [-0.4, -0.2) is 21.6 Å². The van der Waals surface area contributed by atoms with Crippen molar-refractivity contribution in [3.8, 4) is 11.3 Å². The topological polar surface area (TPSA) is 54.9 Å². The summed E-state index contributed by atoms with van der Waals surface area (Å²) in [5.74, 6) is -0.110. The van der Waals surface area contributed by atoms with E-state index >= 15 is 0 Å². The third-order valence-corrected chi connectivity index (χ3v) is 7.50. The zero-order chi connectivity index (χ0) is 20.9. The predicted molar refractivity (Wildman–Crippen MR) is 126 cm³/mol. The maximum absolute atomic E-state index is 13.0. The number of nitrogens with zero attached hydrogens (tertiary/aromatic N) is 2. The van der Waals surface area contributed by atoms with Crippen molar-refractivity contribution in [3.05, 3.63) is 80.8 Å². The quantitative estimate of drug-likeness (QED) is 0.283. The van der Waals surface area contributed by atoms with Crippen LogP contribution in [0, 0.1) is 5.82 Å². The van der Waals surface area contributed by atoms with Gasteiger partial charge in [-0.3, -0.25) is 4.79 Å². The molecule has 1 N–H and O–H groups in total. The number of thioether (sulfide) groups is 1. The average molecular weight is 520 g/mol. The Kier molecular flexibility index (Phi) is 6.93.